The summed E-state index contributed by atoms with van der Waals surface area (Å²) in [6.07, 6.45) is 3.42. The van der Waals surface area contributed by atoms with E-state index in [1.54, 1.807) is 12.4 Å². The molecule has 0 aliphatic heterocycles. The predicted octanol–water partition coefficient (Wildman–Crippen LogP) is 4.52. The van der Waals surface area contributed by atoms with Crippen LogP contribution in [0.4, 0.5) is 23.1 Å². The average Bonchev–Trinajstić information content (AvgIpc) is 2.65. The van der Waals surface area contributed by atoms with Crippen LogP contribution in [0.25, 0.3) is 10.9 Å². The van der Waals surface area contributed by atoms with E-state index in [9.17, 15) is 0 Å². The highest BCUT2D eigenvalue weighted by Crippen LogP contribution is 2.25. The molecule has 4 rings (SSSR count). The molecule has 0 spiro atoms. The summed E-state index contributed by atoms with van der Waals surface area (Å²) in [4.78, 5) is 8.82. The minimum Gasteiger partial charge on any atom is -0.338 e. The lowest BCUT2D eigenvalue weighted by Gasteiger charge is -2.10. The van der Waals surface area contributed by atoms with E-state index in [0.717, 1.165) is 27.8 Å². The average molecular weight is 342 g/mol. The monoisotopic (exact) mass is 342 g/mol. The molecule has 0 aliphatic rings. The minimum absolute atomic E-state index is 0.529. The Morgan fingerprint density at radius 2 is 1.73 bits per heavy atom. The van der Waals surface area contributed by atoms with Crippen LogP contribution in [0, 0.1) is 13.8 Å². The van der Waals surface area contributed by atoms with Gasteiger partial charge in [-0.05, 0) is 37.6 Å². The SMILES string of the molecule is Cc1ccc(Nc2nccc(Nc3cnnc4c(C)cccc34)n2)cc1. The summed E-state index contributed by atoms with van der Waals surface area (Å²) in [7, 11) is 0. The van der Waals surface area contributed by atoms with Gasteiger partial charge < -0.3 is 10.6 Å². The summed E-state index contributed by atoms with van der Waals surface area (Å²) < 4.78 is 0. The summed E-state index contributed by atoms with van der Waals surface area (Å²) >= 11 is 0. The van der Waals surface area contributed by atoms with Gasteiger partial charge in [-0.15, -0.1) is 0 Å². The van der Waals surface area contributed by atoms with Crippen molar-refractivity contribution >= 4 is 34.0 Å². The smallest absolute Gasteiger partial charge is 0.229 e. The molecule has 0 unspecified atom stereocenters. The van der Waals surface area contributed by atoms with Gasteiger partial charge in [0.05, 0.1) is 17.4 Å². The Balaban J connectivity index is 1.61. The second-order valence-corrected chi connectivity index (χ2v) is 6.11. The minimum atomic E-state index is 0.529. The van der Waals surface area contributed by atoms with Crippen LogP contribution >= 0.6 is 0 Å². The van der Waals surface area contributed by atoms with Crippen LogP contribution in [0.15, 0.2) is 60.9 Å². The van der Waals surface area contributed by atoms with Crippen LogP contribution in [0.3, 0.4) is 0 Å². The lowest BCUT2D eigenvalue weighted by atomic mass is 10.1. The number of rotatable bonds is 4. The summed E-state index contributed by atoms with van der Waals surface area (Å²) in [5.74, 6) is 1.21. The fourth-order valence-electron chi connectivity index (χ4n) is 2.72. The molecule has 0 atom stereocenters. The van der Waals surface area contributed by atoms with Crippen molar-refractivity contribution in [2.75, 3.05) is 10.6 Å². The van der Waals surface area contributed by atoms with Crippen molar-refractivity contribution in [3.8, 4) is 0 Å². The van der Waals surface area contributed by atoms with Gasteiger partial charge in [-0.3, -0.25) is 0 Å². The Morgan fingerprint density at radius 3 is 2.58 bits per heavy atom. The zero-order valence-electron chi connectivity index (χ0n) is 14.6. The van der Waals surface area contributed by atoms with Crippen LogP contribution in [0.5, 0.6) is 0 Å². The molecular weight excluding hydrogens is 324 g/mol. The summed E-state index contributed by atoms with van der Waals surface area (Å²) in [6.45, 7) is 4.08. The van der Waals surface area contributed by atoms with Gasteiger partial charge in [0.25, 0.3) is 0 Å². The van der Waals surface area contributed by atoms with E-state index in [-0.39, 0.29) is 0 Å². The first-order valence-electron chi connectivity index (χ1n) is 8.34. The summed E-state index contributed by atoms with van der Waals surface area (Å²) in [6, 6.07) is 16.0. The molecule has 0 aliphatic carbocycles. The Hall–Kier alpha value is -3.54. The van der Waals surface area contributed by atoms with Gasteiger partial charge in [0, 0.05) is 17.3 Å². The molecule has 4 aromatic rings. The molecule has 0 amide bonds. The highest BCUT2D eigenvalue weighted by atomic mass is 15.2. The number of anilines is 4. The number of hydrogen-bond acceptors (Lipinski definition) is 6. The molecule has 0 saturated heterocycles. The van der Waals surface area contributed by atoms with E-state index in [2.05, 4.69) is 37.7 Å². The second-order valence-electron chi connectivity index (χ2n) is 6.11. The Bertz CT molecular complexity index is 1060. The largest absolute Gasteiger partial charge is 0.338 e. The first-order valence-corrected chi connectivity index (χ1v) is 8.34. The number of aromatic nitrogens is 4. The van der Waals surface area contributed by atoms with E-state index in [0.29, 0.717) is 11.8 Å². The van der Waals surface area contributed by atoms with Crippen molar-refractivity contribution in [2.24, 2.45) is 0 Å². The number of fused-ring (bicyclic) bond motifs is 1. The zero-order chi connectivity index (χ0) is 17.9. The molecule has 2 N–H and O–H groups in total. The van der Waals surface area contributed by atoms with E-state index < -0.39 is 0 Å². The fourth-order valence-corrected chi connectivity index (χ4v) is 2.72. The van der Waals surface area contributed by atoms with Gasteiger partial charge in [-0.25, -0.2) is 4.98 Å². The molecular formula is C20H18N6. The highest BCUT2D eigenvalue weighted by Gasteiger charge is 2.07. The van der Waals surface area contributed by atoms with Crippen molar-refractivity contribution < 1.29 is 0 Å². The fraction of sp³-hybridized carbons (Fsp3) is 0.100. The number of aryl methyl sites for hydroxylation is 2. The molecule has 0 fully saturated rings. The van der Waals surface area contributed by atoms with Gasteiger partial charge in [-0.2, -0.15) is 15.2 Å². The maximum Gasteiger partial charge on any atom is 0.229 e. The van der Waals surface area contributed by atoms with Crippen molar-refractivity contribution in [1.29, 1.82) is 0 Å². The van der Waals surface area contributed by atoms with Crippen molar-refractivity contribution in [3.63, 3.8) is 0 Å². The third kappa shape index (κ3) is 3.30. The highest BCUT2D eigenvalue weighted by molar-refractivity contribution is 5.93. The summed E-state index contributed by atoms with van der Waals surface area (Å²) in [5, 5.41) is 15.9. The quantitative estimate of drug-likeness (QED) is 0.568. The van der Waals surface area contributed by atoms with E-state index >= 15 is 0 Å². The zero-order valence-corrected chi connectivity index (χ0v) is 14.6. The Morgan fingerprint density at radius 1 is 0.885 bits per heavy atom. The Labute approximate surface area is 151 Å². The van der Waals surface area contributed by atoms with Crippen LogP contribution in [0.1, 0.15) is 11.1 Å². The normalized spacial score (nSPS) is 10.7. The standard InChI is InChI=1S/C20H18N6/c1-13-6-8-15(9-7-13)23-20-21-11-10-18(25-20)24-17-12-22-26-19-14(2)4-3-5-16(17)19/h3-12H,1-2H3,(H2,21,23,24,25,26). The van der Waals surface area contributed by atoms with Crippen LogP contribution in [-0.2, 0) is 0 Å². The second kappa shape index (κ2) is 6.76. The number of hydrogen-bond donors (Lipinski definition) is 2. The number of nitrogens with one attached hydrogen (secondary N) is 2. The van der Waals surface area contributed by atoms with Gasteiger partial charge in [0.15, 0.2) is 0 Å². The number of benzene rings is 2. The molecule has 2 aromatic carbocycles. The van der Waals surface area contributed by atoms with Crippen LogP contribution in [0.2, 0.25) is 0 Å². The lowest BCUT2D eigenvalue weighted by molar-refractivity contribution is 1.07. The van der Waals surface area contributed by atoms with E-state index in [1.165, 1.54) is 5.56 Å². The van der Waals surface area contributed by atoms with Gasteiger partial charge in [0.2, 0.25) is 5.95 Å². The van der Waals surface area contributed by atoms with E-state index in [4.69, 9.17) is 0 Å². The molecule has 26 heavy (non-hydrogen) atoms. The lowest BCUT2D eigenvalue weighted by Crippen LogP contribution is -2.01. The molecule has 0 bridgehead atoms. The topological polar surface area (TPSA) is 75.6 Å². The third-order valence-electron chi connectivity index (χ3n) is 4.10. The van der Waals surface area contributed by atoms with Crippen molar-refractivity contribution in [2.45, 2.75) is 13.8 Å². The molecule has 6 heteroatoms. The van der Waals surface area contributed by atoms with Crippen LogP contribution in [-0.4, -0.2) is 20.2 Å². The molecule has 128 valence electrons. The number of nitrogens with zero attached hydrogens (tertiary/aromatic N) is 4. The molecule has 0 radical (unpaired) electrons. The van der Waals surface area contributed by atoms with Crippen molar-refractivity contribution in [3.05, 3.63) is 72.1 Å². The van der Waals surface area contributed by atoms with Gasteiger partial charge in [-0.1, -0.05) is 35.9 Å². The molecule has 2 aromatic heterocycles. The van der Waals surface area contributed by atoms with Gasteiger partial charge in [0.1, 0.15) is 5.82 Å². The van der Waals surface area contributed by atoms with E-state index in [1.807, 2.05) is 55.5 Å². The maximum absolute atomic E-state index is 4.53. The van der Waals surface area contributed by atoms with Crippen LogP contribution < -0.4 is 10.6 Å². The predicted molar refractivity (Wildman–Crippen MR) is 104 cm³/mol. The van der Waals surface area contributed by atoms with Crippen molar-refractivity contribution in [1.82, 2.24) is 20.2 Å². The Kier molecular flexibility index (Phi) is 4.15. The molecule has 2 heterocycles. The summed E-state index contributed by atoms with van der Waals surface area (Å²) in [5.41, 5.74) is 4.98. The first kappa shape index (κ1) is 16.0. The first-order chi connectivity index (χ1) is 12.7. The molecule has 6 nitrogen and oxygen atoms in total. The molecule has 0 saturated carbocycles. The third-order valence-corrected chi connectivity index (χ3v) is 4.10. The van der Waals surface area contributed by atoms with Gasteiger partial charge >= 0.3 is 0 Å². The maximum atomic E-state index is 4.53.